The van der Waals surface area contributed by atoms with Crippen LogP contribution in [0.1, 0.15) is 33.1 Å². The van der Waals surface area contributed by atoms with E-state index in [9.17, 15) is 9.59 Å². The highest BCUT2D eigenvalue weighted by Gasteiger charge is 2.22. The first kappa shape index (κ1) is 16.0. The van der Waals surface area contributed by atoms with Crippen LogP contribution in [0.5, 0.6) is 0 Å². The van der Waals surface area contributed by atoms with Crippen LogP contribution in [0.3, 0.4) is 0 Å². The van der Waals surface area contributed by atoms with Crippen LogP contribution >= 0.6 is 0 Å². The predicted octanol–water partition coefficient (Wildman–Crippen LogP) is 0.440. The molecule has 5 nitrogen and oxygen atoms in total. The van der Waals surface area contributed by atoms with Gasteiger partial charge in [-0.15, -0.1) is 0 Å². The lowest BCUT2D eigenvalue weighted by Gasteiger charge is -2.27. The Hall–Kier alpha value is -1.10. The molecule has 1 unspecified atom stereocenters. The molecule has 1 heterocycles. The van der Waals surface area contributed by atoms with Crippen molar-refractivity contribution in [2.75, 3.05) is 26.2 Å². The second-order valence-corrected chi connectivity index (χ2v) is 5.42. The van der Waals surface area contributed by atoms with Gasteiger partial charge in [0, 0.05) is 13.1 Å². The molecule has 1 aliphatic rings. The standard InChI is InChI=1S/C14H25N3O2/c1-11(2)13(16-12(3)18)14(19)15-7-10-17-8-5-4-6-9-17/h3,11,13H,4-10H2,1-2H3,(H,15,19)(H,16,18). The van der Waals surface area contributed by atoms with Gasteiger partial charge >= 0.3 is 0 Å². The summed E-state index contributed by atoms with van der Waals surface area (Å²) >= 11 is 0. The number of nitrogens with zero attached hydrogens (tertiary/aromatic N) is 1. The lowest BCUT2D eigenvalue weighted by atomic mass is 10.0. The molecule has 0 saturated carbocycles. The highest BCUT2D eigenvalue weighted by molar-refractivity contribution is 5.89. The van der Waals surface area contributed by atoms with Gasteiger partial charge in [-0.2, -0.15) is 0 Å². The molecule has 0 aromatic rings. The molecule has 108 valence electrons. The van der Waals surface area contributed by atoms with Gasteiger partial charge in [-0.3, -0.25) is 9.59 Å². The second kappa shape index (κ2) is 8.15. The van der Waals surface area contributed by atoms with E-state index in [0.29, 0.717) is 6.54 Å². The van der Waals surface area contributed by atoms with Crippen molar-refractivity contribution in [1.29, 1.82) is 0 Å². The number of hydrogen-bond donors (Lipinski definition) is 2. The molecule has 0 aliphatic carbocycles. The maximum Gasteiger partial charge on any atom is 0.242 e. The van der Waals surface area contributed by atoms with E-state index in [-0.39, 0.29) is 11.8 Å². The van der Waals surface area contributed by atoms with Crippen molar-refractivity contribution in [3.05, 3.63) is 6.92 Å². The molecule has 0 aromatic carbocycles. The SMILES string of the molecule is [CH]C(=O)NC(C(=O)NCCN1CCCCC1)C(C)C. The van der Waals surface area contributed by atoms with Crippen molar-refractivity contribution < 1.29 is 9.59 Å². The van der Waals surface area contributed by atoms with E-state index in [2.05, 4.69) is 15.5 Å². The number of carbonyl (C=O) groups excluding carboxylic acids is 2. The van der Waals surface area contributed by atoms with E-state index in [1.807, 2.05) is 13.8 Å². The van der Waals surface area contributed by atoms with E-state index in [1.54, 1.807) is 0 Å². The van der Waals surface area contributed by atoms with Crippen molar-refractivity contribution in [2.45, 2.75) is 39.2 Å². The van der Waals surface area contributed by atoms with E-state index < -0.39 is 11.9 Å². The summed E-state index contributed by atoms with van der Waals surface area (Å²) in [6.45, 7) is 12.5. The normalized spacial score (nSPS) is 18.1. The van der Waals surface area contributed by atoms with Gasteiger partial charge in [-0.1, -0.05) is 20.3 Å². The Balaban J connectivity index is 2.29. The minimum absolute atomic E-state index is 0.0162. The minimum atomic E-state index is -0.662. The summed E-state index contributed by atoms with van der Waals surface area (Å²) in [6, 6.07) is -0.557. The van der Waals surface area contributed by atoms with Crippen molar-refractivity contribution in [3.8, 4) is 0 Å². The summed E-state index contributed by atoms with van der Waals surface area (Å²) in [5, 5.41) is 5.35. The van der Waals surface area contributed by atoms with Crippen LogP contribution in [0.2, 0.25) is 0 Å². The lowest BCUT2D eigenvalue weighted by molar-refractivity contribution is -0.128. The second-order valence-electron chi connectivity index (χ2n) is 5.42. The first-order valence-corrected chi connectivity index (χ1v) is 7.06. The Kier molecular flexibility index (Phi) is 6.84. The number of nitrogens with one attached hydrogen (secondary N) is 2. The molecule has 0 spiro atoms. The Labute approximate surface area is 116 Å². The fourth-order valence-electron chi connectivity index (χ4n) is 2.32. The summed E-state index contributed by atoms with van der Waals surface area (Å²) in [7, 11) is 0. The van der Waals surface area contributed by atoms with E-state index >= 15 is 0 Å². The summed E-state index contributed by atoms with van der Waals surface area (Å²) in [4.78, 5) is 25.2. The molecule has 1 saturated heterocycles. The van der Waals surface area contributed by atoms with Gasteiger partial charge in [0.1, 0.15) is 6.04 Å². The first-order chi connectivity index (χ1) is 9.00. The van der Waals surface area contributed by atoms with Crippen LogP contribution in [0, 0.1) is 12.8 Å². The van der Waals surface area contributed by atoms with E-state index in [1.165, 1.54) is 19.3 Å². The van der Waals surface area contributed by atoms with E-state index in [0.717, 1.165) is 19.6 Å². The van der Waals surface area contributed by atoms with Crippen LogP contribution < -0.4 is 10.6 Å². The maximum absolute atomic E-state index is 12.0. The predicted molar refractivity (Wildman–Crippen MR) is 74.4 cm³/mol. The largest absolute Gasteiger partial charge is 0.353 e. The topological polar surface area (TPSA) is 61.4 Å². The number of likely N-dealkylation sites (tertiary alicyclic amines) is 1. The molecule has 2 amide bonds. The average Bonchev–Trinajstić information content (AvgIpc) is 2.36. The summed E-state index contributed by atoms with van der Waals surface area (Å²) in [5.41, 5.74) is 0. The Morgan fingerprint density at radius 2 is 1.84 bits per heavy atom. The fraction of sp³-hybridized carbons (Fsp3) is 0.786. The number of amides is 2. The molecule has 1 fully saturated rings. The molecule has 19 heavy (non-hydrogen) atoms. The highest BCUT2D eigenvalue weighted by Crippen LogP contribution is 2.07. The third-order valence-corrected chi connectivity index (χ3v) is 3.42. The first-order valence-electron chi connectivity index (χ1n) is 7.06. The molecule has 0 aromatic heterocycles. The summed E-state index contributed by atoms with van der Waals surface area (Å²) in [5.74, 6) is -0.807. The Morgan fingerprint density at radius 1 is 1.21 bits per heavy atom. The van der Waals surface area contributed by atoms with Crippen LogP contribution in [0.15, 0.2) is 0 Å². The van der Waals surface area contributed by atoms with Crippen LogP contribution in [0.4, 0.5) is 0 Å². The zero-order valence-corrected chi connectivity index (χ0v) is 11.9. The molecule has 5 heteroatoms. The molecule has 2 radical (unpaired) electrons. The molecule has 1 rings (SSSR count). The van der Waals surface area contributed by atoms with Gasteiger partial charge < -0.3 is 15.5 Å². The molecular formula is C14H25N3O2. The maximum atomic E-state index is 12.0. The van der Waals surface area contributed by atoms with Gasteiger partial charge in [0.2, 0.25) is 11.8 Å². The Bertz CT molecular complexity index is 299. The number of carbonyl (C=O) groups is 2. The monoisotopic (exact) mass is 267 g/mol. The van der Waals surface area contributed by atoms with Crippen molar-refractivity contribution in [3.63, 3.8) is 0 Å². The molecule has 0 bridgehead atoms. The van der Waals surface area contributed by atoms with Crippen LogP contribution in [-0.4, -0.2) is 48.9 Å². The quantitative estimate of drug-likeness (QED) is 0.734. The van der Waals surface area contributed by atoms with Crippen molar-refractivity contribution in [1.82, 2.24) is 15.5 Å². The third-order valence-electron chi connectivity index (χ3n) is 3.42. The zero-order valence-electron chi connectivity index (χ0n) is 11.9. The third kappa shape index (κ3) is 6.05. The fourth-order valence-corrected chi connectivity index (χ4v) is 2.32. The van der Waals surface area contributed by atoms with Crippen molar-refractivity contribution in [2.24, 2.45) is 5.92 Å². The van der Waals surface area contributed by atoms with Crippen LogP contribution in [-0.2, 0) is 9.59 Å². The molecular weight excluding hydrogens is 242 g/mol. The molecule has 2 N–H and O–H groups in total. The Morgan fingerprint density at radius 3 is 2.37 bits per heavy atom. The minimum Gasteiger partial charge on any atom is -0.353 e. The van der Waals surface area contributed by atoms with Gasteiger partial charge in [0.05, 0.1) is 6.92 Å². The zero-order chi connectivity index (χ0) is 14.3. The lowest BCUT2D eigenvalue weighted by Crippen LogP contribution is -2.50. The van der Waals surface area contributed by atoms with Crippen molar-refractivity contribution >= 4 is 11.8 Å². The van der Waals surface area contributed by atoms with Gasteiger partial charge in [0.15, 0.2) is 0 Å². The number of hydrogen-bond acceptors (Lipinski definition) is 3. The number of piperidine rings is 1. The van der Waals surface area contributed by atoms with Gasteiger partial charge in [-0.25, -0.2) is 0 Å². The molecule has 1 atom stereocenters. The summed E-state index contributed by atoms with van der Waals surface area (Å²) < 4.78 is 0. The van der Waals surface area contributed by atoms with Crippen LogP contribution in [0.25, 0.3) is 0 Å². The molecule has 1 aliphatic heterocycles. The van der Waals surface area contributed by atoms with Gasteiger partial charge in [0.25, 0.3) is 0 Å². The smallest absolute Gasteiger partial charge is 0.242 e. The number of rotatable bonds is 6. The average molecular weight is 267 g/mol. The highest BCUT2D eigenvalue weighted by atomic mass is 16.2. The van der Waals surface area contributed by atoms with E-state index in [4.69, 9.17) is 6.92 Å². The van der Waals surface area contributed by atoms with Gasteiger partial charge in [-0.05, 0) is 31.8 Å². The summed E-state index contributed by atoms with van der Waals surface area (Å²) in [6.07, 6.45) is 3.79.